The van der Waals surface area contributed by atoms with Gasteiger partial charge >= 0.3 is 0 Å². The van der Waals surface area contributed by atoms with Crippen LogP contribution in [0.3, 0.4) is 0 Å². The molecule has 5 nitrogen and oxygen atoms in total. The molecule has 1 aromatic heterocycles. The number of aromatic nitrogens is 1. The quantitative estimate of drug-likeness (QED) is 0.890. The number of hydrogen-bond acceptors (Lipinski definition) is 4. The Morgan fingerprint density at radius 2 is 2.26 bits per heavy atom. The fraction of sp³-hybridized carbons (Fsp3) is 0.267. The lowest BCUT2D eigenvalue weighted by molar-refractivity contribution is -0.121. The number of nitrogens with zero attached hydrogens (tertiary/aromatic N) is 1. The van der Waals surface area contributed by atoms with E-state index >= 15 is 0 Å². The van der Waals surface area contributed by atoms with Crippen molar-refractivity contribution in [3.63, 3.8) is 0 Å². The van der Waals surface area contributed by atoms with Gasteiger partial charge in [0.2, 0.25) is 5.91 Å². The Kier molecular flexibility index (Phi) is 4.32. The molecule has 0 bridgehead atoms. The van der Waals surface area contributed by atoms with Crippen molar-refractivity contribution in [2.75, 3.05) is 6.54 Å². The van der Waals surface area contributed by atoms with Gasteiger partial charge in [0.15, 0.2) is 0 Å². The minimum absolute atomic E-state index is 0.0286. The minimum Gasteiger partial charge on any atom is -0.354 e. The molecule has 1 aromatic carbocycles. The largest absolute Gasteiger partial charge is 0.354 e. The number of hydrogen-bond donors (Lipinski definition) is 2. The Morgan fingerprint density at radius 1 is 1.48 bits per heavy atom. The maximum atomic E-state index is 13.4. The fourth-order valence-corrected chi connectivity index (χ4v) is 3.39. The summed E-state index contributed by atoms with van der Waals surface area (Å²) in [5, 5.41) is 6.15. The van der Waals surface area contributed by atoms with Crippen LogP contribution in [-0.2, 0) is 4.79 Å². The van der Waals surface area contributed by atoms with Gasteiger partial charge in [-0.05, 0) is 18.2 Å². The van der Waals surface area contributed by atoms with E-state index in [0.29, 0.717) is 22.0 Å². The summed E-state index contributed by atoms with van der Waals surface area (Å²) in [5.41, 5.74) is 0.506. The first-order valence-corrected chi connectivity index (χ1v) is 8.14. The summed E-state index contributed by atoms with van der Waals surface area (Å²) in [6, 6.07) is 3.54. The van der Waals surface area contributed by atoms with Gasteiger partial charge in [-0.3, -0.25) is 9.59 Å². The second-order valence-corrected chi connectivity index (χ2v) is 6.83. The van der Waals surface area contributed by atoms with Crippen molar-refractivity contribution >= 4 is 34.8 Å². The molecule has 2 aromatic rings. The Balaban J connectivity index is 1.78. The highest BCUT2D eigenvalue weighted by Crippen LogP contribution is 2.28. The fourth-order valence-electron chi connectivity index (χ4n) is 2.36. The maximum Gasteiger partial charge on any atom is 0.263 e. The molecule has 1 saturated heterocycles. The van der Waals surface area contributed by atoms with Crippen LogP contribution in [0.15, 0.2) is 24.4 Å². The molecule has 120 valence electrons. The van der Waals surface area contributed by atoms with Crippen LogP contribution in [0.5, 0.6) is 0 Å². The highest BCUT2D eigenvalue weighted by molar-refractivity contribution is 7.16. The number of benzene rings is 1. The summed E-state index contributed by atoms with van der Waals surface area (Å²) in [7, 11) is 0. The van der Waals surface area contributed by atoms with E-state index in [1.807, 2.05) is 6.92 Å². The summed E-state index contributed by atoms with van der Waals surface area (Å²) >= 11 is 6.95. The van der Waals surface area contributed by atoms with Gasteiger partial charge in [-0.1, -0.05) is 18.5 Å². The third-order valence-corrected chi connectivity index (χ3v) is 4.84. The lowest BCUT2D eigenvalue weighted by atomic mass is 10.1. The van der Waals surface area contributed by atoms with Crippen molar-refractivity contribution in [1.29, 1.82) is 0 Å². The van der Waals surface area contributed by atoms with E-state index in [1.165, 1.54) is 18.3 Å². The molecule has 2 atom stereocenters. The molecule has 0 unspecified atom stereocenters. The van der Waals surface area contributed by atoms with Crippen LogP contribution < -0.4 is 10.6 Å². The Morgan fingerprint density at radius 3 is 2.91 bits per heavy atom. The van der Waals surface area contributed by atoms with E-state index in [0.717, 1.165) is 11.3 Å². The van der Waals surface area contributed by atoms with E-state index in [4.69, 9.17) is 11.6 Å². The average molecular weight is 354 g/mol. The summed E-state index contributed by atoms with van der Waals surface area (Å²) in [5.74, 6) is -0.997. The monoisotopic (exact) mass is 353 g/mol. The first-order valence-electron chi connectivity index (χ1n) is 6.95. The predicted octanol–water partition coefficient (Wildman–Crippen LogP) is 2.47. The number of thiazole rings is 1. The molecule has 3 rings (SSSR count). The lowest BCUT2D eigenvalue weighted by Crippen LogP contribution is -2.42. The van der Waals surface area contributed by atoms with E-state index in [1.54, 1.807) is 6.07 Å². The number of amides is 2. The van der Waals surface area contributed by atoms with Crippen LogP contribution in [0.1, 0.15) is 16.6 Å². The standard InChI is InChI=1S/C15H13ClFN3O2S/c1-7-5-18-14(22)12(7)20-13(21)11-6-19-15(23-11)8-2-9(16)4-10(17)3-8/h2-4,6-7,12H,5H2,1H3,(H,18,22)(H,20,21)/t7-,12+/m0/s1. The molecule has 0 radical (unpaired) electrons. The zero-order valence-corrected chi connectivity index (χ0v) is 13.7. The van der Waals surface area contributed by atoms with Crippen molar-refractivity contribution in [3.8, 4) is 10.6 Å². The van der Waals surface area contributed by atoms with E-state index in [-0.39, 0.29) is 22.8 Å². The van der Waals surface area contributed by atoms with Crippen molar-refractivity contribution < 1.29 is 14.0 Å². The van der Waals surface area contributed by atoms with E-state index in [2.05, 4.69) is 15.6 Å². The van der Waals surface area contributed by atoms with Crippen molar-refractivity contribution in [2.24, 2.45) is 5.92 Å². The Bertz CT molecular complexity index is 760. The van der Waals surface area contributed by atoms with Gasteiger partial charge in [-0.25, -0.2) is 9.37 Å². The SMILES string of the molecule is C[C@H]1CNC(=O)[C@@H]1NC(=O)c1cnc(-c2cc(F)cc(Cl)c2)s1. The van der Waals surface area contributed by atoms with Crippen LogP contribution in [0.2, 0.25) is 5.02 Å². The van der Waals surface area contributed by atoms with Crippen LogP contribution in [-0.4, -0.2) is 29.4 Å². The zero-order valence-electron chi connectivity index (χ0n) is 12.1. The maximum absolute atomic E-state index is 13.4. The summed E-state index contributed by atoms with van der Waals surface area (Å²) in [6.07, 6.45) is 1.41. The minimum atomic E-state index is -0.545. The van der Waals surface area contributed by atoms with Crippen LogP contribution >= 0.6 is 22.9 Å². The summed E-state index contributed by atoms with van der Waals surface area (Å²) in [4.78, 5) is 28.4. The summed E-state index contributed by atoms with van der Waals surface area (Å²) in [6.45, 7) is 2.43. The molecule has 23 heavy (non-hydrogen) atoms. The van der Waals surface area contributed by atoms with Gasteiger partial charge < -0.3 is 10.6 Å². The smallest absolute Gasteiger partial charge is 0.263 e. The zero-order chi connectivity index (χ0) is 16.6. The average Bonchev–Trinajstić information content (AvgIpc) is 3.09. The molecule has 8 heteroatoms. The van der Waals surface area contributed by atoms with Crippen LogP contribution in [0.4, 0.5) is 4.39 Å². The highest BCUT2D eigenvalue weighted by Gasteiger charge is 2.33. The van der Waals surface area contributed by atoms with E-state index < -0.39 is 11.9 Å². The Hall–Kier alpha value is -1.99. The second kappa shape index (κ2) is 6.25. The number of halogens is 2. The molecule has 1 aliphatic heterocycles. The van der Waals surface area contributed by atoms with Crippen molar-refractivity contribution in [1.82, 2.24) is 15.6 Å². The summed E-state index contributed by atoms with van der Waals surface area (Å²) < 4.78 is 13.4. The van der Waals surface area contributed by atoms with Gasteiger partial charge in [-0.2, -0.15) is 0 Å². The predicted molar refractivity (Wildman–Crippen MR) is 85.9 cm³/mol. The van der Waals surface area contributed by atoms with E-state index in [9.17, 15) is 14.0 Å². The molecule has 2 amide bonds. The normalized spacial score (nSPS) is 20.4. The number of carbonyl (C=O) groups excluding carboxylic acids is 2. The number of rotatable bonds is 3. The lowest BCUT2D eigenvalue weighted by Gasteiger charge is -2.13. The van der Waals surface area contributed by atoms with Gasteiger partial charge in [-0.15, -0.1) is 11.3 Å². The molecular weight excluding hydrogens is 341 g/mol. The van der Waals surface area contributed by atoms with Crippen molar-refractivity contribution in [3.05, 3.63) is 40.1 Å². The molecule has 0 aliphatic carbocycles. The molecular formula is C15H13ClFN3O2S. The second-order valence-electron chi connectivity index (χ2n) is 5.36. The van der Waals surface area contributed by atoms with Crippen LogP contribution in [0.25, 0.3) is 10.6 Å². The number of carbonyl (C=O) groups is 2. The topological polar surface area (TPSA) is 71.1 Å². The first-order chi connectivity index (χ1) is 10.9. The molecule has 0 spiro atoms. The molecule has 1 aliphatic rings. The first kappa shape index (κ1) is 15.9. The van der Waals surface area contributed by atoms with Gasteiger partial charge in [0, 0.05) is 23.0 Å². The third-order valence-electron chi connectivity index (χ3n) is 3.58. The third kappa shape index (κ3) is 3.35. The number of nitrogens with one attached hydrogen (secondary N) is 2. The van der Waals surface area contributed by atoms with Crippen molar-refractivity contribution in [2.45, 2.75) is 13.0 Å². The highest BCUT2D eigenvalue weighted by atomic mass is 35.5. The molecule has 1 fully saturated rings. The van der Waals surface area contributed by atoms with Crippen LogP contribution in [0, 0.1) is 11.7 Å². The Labute approximate surface area is 140 Å². The van der Waals surface area contributed by atoms with Gasteiger partial charge in [0.05, 0.1) is 6.20 Å². The van der Waals surface area contributed by atoms with Gasteiger partial charge in [0.1, 0.15) is 21.7 Å². The molecule has 2 heterocycles. The van der Waals surface area contributed by atoms with Gasteiger partial charge in [0.25, 0.3) is 5.91 Å². The molecule has 0 saturated carbocycles. The molecule has 2 N–H and O–H groups in total.